The number of H-pyrrole nitrogens is 1. The molecular weight excluding hydrogens is 352 g/mol. The number of aromatic amines is 1. The number of hydrogen-bond donors (Lipinski definition) is 2. The van der Waals surface area contributed by atoms with Crippen molar-refractivity contribution >= 4 is 22.5 Å². The van der Waals surface area contributed by atoms with Crippen molar-refractivity contribution in [2.24, 2.45) is 0 Å². The number of allylic oxidation sites excluding steroid dienone is 1. The van der Waals surface area contributed by atoms with E-state index < -0.39 is 0 Å². The Morgan fingerprint density at radius 2 is 2.21 bits per heavy atom. The maximum Gasteiger partial charge on any atom is 0.243 e. The number of amides is 1. The normalized spacial score (nSPS) is 16.5. The Balaban J connectivity index is 1.73. The lowest BCUT2D eigenvalue weighted by atomic mass is 9.88. The first-order valence-electron chi connectivity index (χ1n) is 9.28. The van der Waals surface area contributed by atoms with Gasteiger partial charge in [-0.25, -0.2) is 9.97 Å². The summed E-state index contributed by atoms with van der Waals surface area (Å²) in [6.45, 7) is 3.54. The van der Waals surface area contributed by atoms with E-state index in [0.29, 0.717) is 5.88 Å². The predicted molar refractivity (Wildman–Crippen MR) is 110 cm³/mol. The van der Waals surface area contributed by atoms with Crippen LogP contribution < -0.4 is 10.1 Å². The molecule has 1 unspecified atom stereocenters. The van der Waals surface area contributed by atoms with Gasteiger partial charge in [-0.15, -0.1) is 0 Å². The molecule has 3 aromatic rings. The fourth-order valence-corrected chi connectivity index (χ4v) is 3.73. The summed E-state index contributed by atoms with van der Waals surface area (Å²) >= 11 is 0. The molecule has 6 heteroatoms. The predicted octanol–water partition coefficient (Wildman–Crippen LogP) is 3.87. The van der Waals surface area contributed by atoms with Gasteiger partial charge in [0.15, 0.2) is 0 Å². The molecule has 0 bridgehead atoms. The molecule has 2 N–H and O–H groups in total. The number of hydrogen-bond acceptors (Lipinski definition) is 4. The highest BCUT2D eigenvalue weighted by molar-refractivity contribution is 6.01. The van der Waals surface area contributed by atoms with Crippen molar-refractivity contribution in [3.8, 4) is 17.0 Å². The van der Waals surface area contributed by atoms with E-state index in [1.807, 2.05) is 30.6 Å². The van der Waals surface area contributed by atoms with Crippen LogP contribution in [-0.2, 0) is 4.79 Å². The average Bonchev–Trinajstić information content (AvgIpc) is 3.18. The maximum atomic E-state index is 11.7. The summed E-state index contributed by atoms with van der Waals surface area (Å²) in [4.78, 5) is 23.8. The lowest BCUT2D eigenvalue weighted by Gasteiger charge is -2.24. The molecule has 3 aromatic heterocycles. The first-order chi connectivity index (χ1) is 13.7. The first-order valence-corrected chi connectivity index (χ1v) is 9.28. The van der Waals surface area contributed by atoms with E-state index in [4.69, 9.17) is 4.74 Å². The van der Waals surface area contributed by atoms with E-state index in [1.165, 1.54) is 11.6 Å². The van der Waals surface area contributed by atoms with E-state index in [-0.39, 0.29) is 11.9 Å². The molecule has 3 heterocycles. The monoisotopic (exact) mass is 374 g/mol. The third-order valence-corrected chi connectivity index (χ3v) is 5.08. The van der Waals surface area contributed by atoms with Crippen LogP contribution in [0.5, 0.6) is 5.88 Å². The quantitative estimate of drug-likeness (QED) is 0.665. The van der Waals surface area contributed by atoms with E-state index >= 15 is 0 Å². The van der Waals surface area contributed by atoms with Gasteiger partial charge in [-0.3, -0.25) is 4.79 Å². The lowest BCUT2D eigenvalue weighted by Crippen LogP contribution is -2.34. The number of aromatic nitrogens is 3. The van der Waals surface area contributed by atoms with Crippen LogP contribution in [0.15, 0.2) is 55.5 Å². The first kappa shape index (κ1) is 18.0. The summed E-state index contributed by atoms with van der Waals surface area (Å²) in [6.07, 6.45) is 11.8. The molecule has 142 valence electrons. The van der Waals surface area contributed by atoms with Crippen LogP contribution in [-0.4, -0.2) is 34.0 Å². The highest BCUT2D eigenvalue weighted by Gasteiger charge is 2.21. The van der Waals surface area contributed by atoms with Crippen molar-refractivity contribution < 1.29 is 9.53 Å². The number of nitrogens with zero attached hydrogens (tertiary/aromatic N) is 2. The van der Waals surface area contributed by atoms with Gasteiger partial charge in [0.05, 0.1) is 7.11 Å². The van der Waals surface area contributed by atoms with Crippen molar-refractivity contribution in [2.45, 2.75) is 25.3 Å². The molecule has 0 fully saturated rings. The molecule has 0 aromatic carbocycles. The van der Waals surface area contributed by atoms with Crippen molar-refractivity contribution in [2.75, 3.05) is 7.11 Å². The number of pyridine rings is 2. The molecule has 1 atom stereocenters. The summed E-state index contributed by atoms with van der Waals surface area (Å²) in [5.41, 5.74) is 5.23. The van der Waals surface area contributed by atoms with Gasteiger partial charge in [0, 0.05) is 47.2 Å². The van der Waals surface area contributed by atoms with Gasteiger partial charge < -0.3 is 15.0 Å². The van der Waals surface area contributed by atoms with E-state index in [1.54, 1.807) is 13.3 Å². The largest absolute Gasteiger partial charge is 0.481 e. The van der Waals surface area contributed by atoms with Gasteiger partial charge in [-0.05, 0) is 48.6 Å². The molecule has 0 saturated carbocycles. The zero-order valence-corrected chi connectivity index (χ0v) is 15.7. The minimum Gasteiger partial charge on any atom is -0.481 e. The third kappa shape index (κ3) is 3.41. The molecule has 1 aliphatic carbocycles. The van der Waals surface area contributed by atoms with Gasteiger partial charge in [0.2, 0.25) is 11.8 Å². The molecule has 28 heavy (non-hydrogen) atoms. The minimum absolute atomic E-state index is 0.110. The van der Waals surface area contributed by atoms with Crippen LogP contribution in [0.2, 0.25) is 0 Å². The summed E-state index contributed by atoms with van der Waals surface area (Å²) in [5.74, 6) is 0.454. The molecule has 0 radical (unpaired) electrons. The Morgan fingerprint density at radius 3 is 2.96 bits per heavy atom. The number of fused-ring (bicyclic) bond motifs is 1. The maximum absolute atomic E-state index is 11.7. The fraction of sp³-hybridized carbons (Fsp3) is 0.227. The molecule has 0 aliphatic heterocycles. The zero-order valence-electron chi connectivity index (χ0n) is 15.7. The SMILES string of the molecule is C=CC(=O)NC1CCC=C(c2ccnc3[nH]cc(-c4ccc(OC)nc4)c23)C1. The highest BCUT2D eigenvalue weighted by atomic mass is 16.5. The number of carbonyl (C=O) groups excluding carboxylic acids is 1. The van der Waals surface area contributed by atoms with Crippen molar-refractivity contribution in [3.63, 3.8) is 0 Å². The summed E-state index contributed by atoms with van der Waals surface area (Å²) < 4.78 is 5.16. The standard InChI is InChI=1S/C22H22N4O2/c1-3-19(27)26-16-6-4-5-14(11-16)17-9-10-23-22-21(17)18(13-25-22)15-7-8-20(28-2)24-12-15/h3,5,7-10,12-13,16H,1,4,6,11H2,2H3,(H,23,25)(H,26,27). The van der Waals surface area contributed by atoms with E-state index in [0.717, 1.165) is 47.0 Å². The van der Waals surface area contributed by atoms with Crippen molar-refractivity contribution in [1.82, 2.24) is 20.3 Å². The van der Waals surface area contributed by atoms with Gasteiger partial charge in [-0.1, -0.05) is 12.7 Å². The van der Waals surface area contributed by atoms with Crippen molar-refractivity contribution in [1.29, 1.82) is 0 Å². The smallest absolute Gasteiger partial charge is 0.243 e. The van der Waals surface area contributed by atoms with Crippen LogP contribution in [0.4, 0.5) is 0 Å². The van der Waals surface area contributed by atoms with Crippen molar-refractivity contribution in [3.05, 3.63) is 61.1 Å². The van der Waals surface area contributed by atoms with Gasteiger partial charge in [0.25, 0.3) is 0 Å². The lowest BCUT2D eigenvalue weighted by molar-refractivity contribution is -0.117. The topological polar surface area (TPSA) is 79.9 Å². The van der Waals surface area contributed by atoms with Gasteiger partial charge >= 0.3 is 0 Å². The highest BCUT2D eigenvalue weighted by Crippen LogP contribution is 2.36. The minimum atomic E-state index is -0.127. The Morgan fingerprint density at radius 1 is 1.32 bits per heavy atom. The number of nitrogens with one attached hydrogen (secondary N) is 2. The number of rotatable bonds is 5. The van der Waals surface area contributed by atoms with Crippen LogP contribution in [0.3, 0.4) is 0 Å². The Labute approximate surface area is 163 Å². The average molecular weight is 374 g/mol. The number of methoxy groups -OCH3 is 1. The second kappa shape index (κ2) is 7.68. The zero-order chi connectivity index (χ0) is 19.5. The number of carbonyl (C=O) groups is 1. The van der Waals surface area contributed by atoms with Crippen LogP contribution >= 0.6 is 0 Å². The second-order valence-corrected chi connectivity index (χ2v) is 6.79. The van der Waals surface area contributed by atoms with Gasteiger partial charge in [0.1, 0.15) is 5.65 Å². The summed E-state index contributed by atoms with van der Waals surface area (Å²) in [7, 11) is 1.60. The Hall–Kier alpha value is -3.41. The fourth-order valence-electron chi connectivity index (χ4n) is 3.73. The molecule has 4 rings (SSSR count). The third-order valence-electron chi connectivity index (χ3n) is 5.08. The van der Waals surface area contributed by atoms with Crippen LogP contribution in [0.1, 0.15) is 24.8 Å². The number of ether oxygens (including phenoxy) is 1. The molecule has 0 saturated heterocycles. The summed E-state index contributed by atoms with van der Waals surface area (Å²) in [5, 5.41) is 4.09. The second-order valence-electron chi connectivity index (χ2n) is 6.79. The molecular formula is C22H22N4O2. The van der Waals surface area contributed by atoms with E-state index in [2.05, 4.69) is 32.9 Å². The van der Waals surface area contributed by atoms with E-state index in [9.17, 15) is 4.79 Å². The van der Waals surface area contributed by atoms with Gasteiger partial charge in [-0.2, -0.15) is 0 Å². The molecule has 6 nitrogen and oxygen atoms in total. The summed E-state index contributed by atoms with van der Waals surface area (Å²) in [6, 6.07) is 6.00. The molecule has 1 amide bonds. The van der Waals surface area contributed by atoms with Crippen LogP contribution in [0.25, 0.3) is 27.7 Å². The van der Waals surface area contributed by atoms with Crippen LogP contribution in [0, 0.1) is 0 Å². The Kier molecular flexibility index (Phi) is 4.93. The Bertz CT molecular complexity index is 1050. The molecule has 1 aliphatic rings. The molecule has 0 spiro atoms.